The average Bonchev–Trinajstić information content (AvgIpc) is 3.28. The van der Waals surface area contributed by atoms with Crippen molar-refractivity contribution in [1.82, 2.24) is 18.8 Å². The molecule has 1 N–H and O–H groups in total. The highest BCUT2D eigenvalue weighted by atomic mass is 32.2. The van der Waals surface area contributed by atoms with Crippen LogP contribution in [0.4, 0.5) is 19.0 Å². The van der Waals surface area contributed by atoms with Gasteiger partial charge in [-0.1, -0.05) is 18.2 Å². The first kappa shape index (κ1) is 26.0. The van der Waals surface area contributed by atoms with Crippen molar-refractivity contribution in [3.8, 4) is 0 Å². The molecule has 0 aliphatic carbocycles. The Kier molecular flexibility index (Phi) is 6.84. The minimum absolute atomic E-state index is 0.0255. The molecule has 1 aliphatic rings. The van der Waals surface area contributed by atoms with Gasteiger partial charge in [0.05, 0.1) is 28.8 Å². The van der Waals surface area contributed by atoms with Crippen molar-refractivity contribution in [2.45, 2.75) is 31.4 Å². The van der Waals surface area contributed by atoms with Gasteiger partial charge >= 0.3 is 0 Å². The number of nitrogens with zero attached hydrogens (tertiary/aromatic N) is 4. The minimum atomic E-state index is -3.51. The second-order valence-corrected chi connectivity index (χ2v) is 10.8. The molecule has 1 fully saturated rings. The second-order valence-electron chi connectivity index (χ2n) is 8.84. The molecule has 1 saturated heterocycles. The largest absolute Gasteiger partial charge is 0.372 e. The van der Waals surface area contributed by atoms with Crippen molar-refractivity contribution in [3.05, 3.63) is 63.5 Å². The number of benzene rings is 1. The first-order valence-corrected chi connectivity index (χ1v) is 12.9. The van der Waals surface area contributed by atoms with Crippen LogP contribution in [0.5, 0.6) is 0 Å². The van der Waals surface area contributed by atoms with Crippen molar-refractivity contribution >= 4 is 26.9 Å². The third-order valence-corrected chi connectivity index (χ3v) is 7.91. The fourth-order valence-corrected chi connectivity index (χ4v) is 5.46. The molecule has 0 spiro atoms. The van der Waals surface area contributed by atoms with E-state index in [0.29, 0.717) is 5.39 Å². The van der Waals surface area contributed by atoms with E-state index in [1.807, 2.05) is 0 Å². The number of rotatable bonds is 7. The molecule has 4 rings (SSSR count). The molecular weight excluding hydrogens is 499 g/mol. The zero-order valence-corrected chi connectivity index (χ0v) is 20.9. The highest BCUT2D eigenvalue weighted by molar-refractivity contribution is 7.88. The Morgan fingerprint density at radius 2 is 1.92 bits per heavy atom. The molecule has 0 saturated carbocycles. The quantitative estimate of drug-likeness (QED) is 0.505. The van der Waals surface area contributed by atoms with Crippen LogP contribution in [0, 0.1) is 5.82 Å². The molecule has 1 aromatic carbocycles. The molecule has 9 nitrogen and oxygen atoms in total. The number of aromatic nitrogens is 3. The molecular formula is C23H26F3N5O4S. The zero-order valence-electron chi connectivity index (χ0n) is 20.1. The topological polar surface area (TPSA) is 106 Å². The van der Waals surface area contributed by atoms with Crippen LogP contribution in [0.2, 0.25) is 0 Å². The molecule has 2 aromatic heterocycles. The number of halogens is 3. The lowest BCUT2D eigenvalue weighted by atomic mass is 9.93. The number of methoxy groups -OCH3 is 1. The van der Waals surface area contributed by atoms with Crippen LogP contribution in [-0.2, 0) is 27.4 Å². The average molecular weight is 526 g/mol. The van der Waals surface area contributed by atoms with E-state index in [9.17, 15) is 26.4 Å². The number of sulfonamides is 1. The summed E-state index contributed by atoms with van der Waals surface area (Å²) in [4.78, 5) is 21.7. The summed E-state index contributed by atoms with van der Waals surface area (Å²) < 4.78 is 73.6. The van der Waals surface area contributed by atoms with Crippen molar-refractivity contribution in [3.63, 3.8) is 0 Å². The van der Waals surface area contributed by atoms with Gasteiger partial charge in [0.2, 0.25) is 10.0 Å². The van der Waals surface area contributed by atoms with Gasteiger partial charge in [-0.2, -0.15) is 4.31 Å². The molecule has 1 aliphatic heterocycles. The number of pyridine rings is 1. The lowest BCUT2D eigenvalue weighted by molar-refractivity contribution is -0.00229. The van der Waals surface area contributed by atoms with Crippen LogP contribution in [0.3, 0.4) is 0 Å². The number of hydrogen-bond donors (Lipinski definition) is 1. The number of nitrogens with one attached hydrogen (secondary N) is 1. The Labute approximate surface area is 206 Å². The van der Waals surface area contributed by atoms with Gasteiger partial charge in [-0.25, -0.2) is 31.6 Å². The maximum atomic E-state index is 14.7. The summed E-state index contributed by atoms with van der Waals surface area (Å²) in [5.74, 6) is -0.764. The third kappa shape index (κ3) is 4.46. The fraction of sp³-hybridized carbons (Fsp3) is 0.435. The Morgan fingerprint density at radius 3 is 2.53 bits per heavy atom. The molecule has 3 aromatic rings. The number of ether oxygens (including phenoxy) is 1. The van der Waals surface area contributed by atoms with Gasteiger partial charge < -0.3 is 10.1 Å². The molecule has 194 valence electrons. The second kappa shape index (κ2) is 9.45. The van der Waals surface area contributed by atoms with E-state index in [-0.39, 0.29) is 42.1 Å². The molecule has 36 heavy (non-hydrogen) atoms. The summed E-state index contributed by atoms with van der Waals surface area (Å²) in [5, 5.41) is 3.44. The molecule has 0 unspecified atom stereocenters. The molecule has 13 heteroatoms. The fourth-order valence-electron chi connectivity index (χ4n) is 4.59. The van der Waals surface area contributed by atoms with E-state index < -0.39 is 45.0 Å². The van der Waals surface area contributed by atoms with E-state index >= 15 is 0 Å². The highest BCUT2D eigenvalue weighted by Gasteiger charge is 2.45. The summed E-state index contributed by atoms with van der Waals surface area (Å²) in [7, 11) is -0.573. The molecule has 3 heterocycles. The summed E-state index contributed by atoms with van der Waals surface area (Å²) >= 11 is 0. The van der Waals surface area contributed by atoms with Crippen molar-refractivity contribution in [2.75, 3.05) is 31.8 Å². The van der Waals surface area contributed by atoms with Crippen molar-refractivity contribution in [1.29, 1.82) is 0 Å². The lowest BCUT2D eigenvalue weighted by Crippen LogP contribution is -2.40. The smallest absolute Gasteiger partial charge is 0.266 e. The van der Waals surface area contributed by atoms with Crippen molar-refractivity contribution in [2.24, 2.45) is 7.05 Å². The monoisotopic (exact) mass is 525 g/mol. The van der Waals surface area contributed by atoms with E-state index in [1.54, 1.807) is 13.0 Å². The number of aryl methyl sites for hydroxylation is 1. The van der Waals surface area contributed by atoms with Gasteiger partial charge in [-0.15, -0.1) is 0 Å². The zero-order chi connectivity index (χ0) is 26.4. The number of anilines is 1. The van der Waals surface area contributed by atoms with Crippen LogP contribution in [0.15, 0.2) is 35.4 Å². The summed E-state index contributed by atoms with van der Waals surface area (Å²) in [5.41, 5.74) is -1.77. The first-order chi connectivity index (χ1) is 16.9. The van der Waals surface area contributed by atoms with E-state index in [4.69, 9.17) is 4.74 Å². The Balaban J connectivity index is 1.81. The summed E-state index contributed by atoms with van der Waals surface area (Å²) in [6, 6.07) is 4.58. The van der Waals surface area contributed by atoms with Gasteiger partial charge in [-0.3, -0.25) is 9.36 Å². The van der Waals surface area contributed by atoms with Gasteiger partial charge in [0.15, 0.2) is 0 Å². The minimum Gasteiger partial charge on any atom is -0.372 e. The van der Waals surface area contributed by atoms with Crippen LogP contribution >= 0.6 is 0 Å². The van der Waals surface area contributed by atoms with Crippen LogP contribution in [0.25, 0.3) is 11.0 Å². The standard InChI is InChI=1S/C23H26F3N5O4S/c1-13(14-6-5-7-15(18(14)24)19(25)26)29-20-16-10-17(22(32)30(2)21(16)28-12-27-20)23(35-3)8-9-31(11-23)36(4,33)34/h5-7,10,12-13,19H,8-9,11H2,1-4H3,(H,27,28,29)/t13-,23+/m1/s1. The summed E-state index contributed by atoms with van der Waals surface area (Å²) in [6.45, 7) is 1.74. The molecule has 2 atom stereocenters. The normalized spacial score (nSPS) is 19.8. The maximum absolute atomic E-state index is 14.7. The van der Waals surface area contributed by atoms with Crippen LogP contribution in [0.1, 0.15) is 42.5 Å². The third-order valence-electron chi connectivity index (χ3n) is 6.67. The predicted molar refractivity (Wildman–Crippen MR) is 128 cm³/mol. The van der Waals surface area contributed by atoms with E-state index in [2.05, 4.69) is 15.3 Å². The summed E-state index contributed by atoms with van der Waals surface area (Å²) in [6.07, 6.45) is -0.376. The lowest BCUT2D eigenvalue weighted by Gasteiger charge is -2.28. The van der Waals surface area contributed by atoms with Gasteiger partial charge in [0.1, 0.15) is 29.2 Å². The Hall–Kier alpha value is -3.03. The maximum Gasteiger partial charge on any atom is 0.266 e. The number of alkyl halides is 2. The highest BCUT2D eigenvalue weighted by Crippen LogP contribution is 2.37. The first-order valence-electron chi connectivity index (χ1n) is 11.1. The van der Waals surface area contributed by atoms with Gasteiger partial charge in [0.25, 0.3) is 12.0 Å². The Morgan fingerprint density at radius 1 is 1.22 bits per heavy atom. The molecule has 0 amide bonds. The van der Waals surface area contributed by atoms with E-state index in [1.165, 1.54) is 41.5 Å². The van der Waals surface area contributed by atoms with Gasteiger partial charge in [-0.05, 0) is 19.4 Å². The Bertz CT molecular complexity index is 1480. The van der Waals surface area contributed by atoms with Crippen molar-refractivity contribution < 1.29 is 26.3 Å². The predicted octanol–water partition coefficient (Wildman–Crippen LogP) is 3.09. The number of hydrogen-bond acceptors (Lipinski definition) is 7. The van der Waals surface area contributed by atoms with Crippen LogP contribution in [-0.4, -0.2) is 53.7 Å². The number of fused-ring (bicyclic) bond motifs is 1. The van der Waals surface area contributed by atoms with E-state index in [0.717, 1.165) is 12.3 Å². The van der Waals surface area contributed by atoms with Crippen LogP contribution < -0.4 is 10.9 Å². The molecule has 0 bridgehead atoms. The SMILES string of the molecule is CO[C@@]1(c2cc3c(N[C@H](C)c4cccc(C(F)F)c4F)ncnc3n(C)c2=O)CCN(S(C)(=O)=O)C1. The van der Waals surface area contributed by atoms with Gasteiger partial charge in [0, 0.05) is 32.8 Å². The molecule has 0 radical (unpaired) electrons.